The van der Waals surface area contributed by atoms with Crippen molar-refractivity contribution in [1.29, 1.82) is 0 Å². The lowest BCUT2D eigenvalue weighted by atomic mass is 9.82. The largest absolute Gasteiger partial charge is 0.495 e. The molecule has 0 aliphatic heterocycles. The number of nitrogens with one attached hydrogen (secondary N) is 2. The molecule has 0 unspecified atom stereocenters. The molecule has 44 heavy (non-hydrogen) atoms. The zero-order valence-corrected chi connectivity index (χ0v) is 28.0. The highest BCUT2D eigenvalue weighted by Gasteiger charge is 2.24. The van der Waals surface area contributed by atoms with Gasteiger partial charge in [0.1, 0.15) is 17.9 Å². The van der Waals surface area contributed by atoms with Gasteiger partial charge in [-0.25, -0.2) is 4.98 Å². The molecule has 0 saturated heterocycles. The Labute approximate surface area is 264 Å². The first-order chi connectivity index (χ1) is 20.7. The number of benzene rings is 3. The van der Waals surface area contributed by atoms with Crippen molar-refractivity contribution < 1.29 is 9.30 Å². The van der Waals surface area contributed by atoms with Gasteiger partial charge in [-0.15, -0.1) is 0 Å². The van der Waals surface area contributed by atoms with Gasteiger partial charge in [0.05, 0.1) is 30.9 Å². The Bertz CT molecular complexity index is 1890. The summed E-state index contributed by atoms with van der Waals surface area (Å²) in [5.74, 6) is 1.37. The summed E-state index contributed by atoms with van der Waals surface area (Å²) >= 11 is 6.58. The fraction of sp³-hybridized carbons (Fsp3) is 0.265. The first kappa shape index (κ1) is 31.3. The molecule has 0 atom stereocenters. The van der Waals surface area contributed by atoms with Gasteiger partial charge in [0.25, 0.3) is 0 Å². The molecule has 2 N–H and O–H groups in total. The Morgan fingerprint density at radius 2 is 1.68 bits per heavy atom. The van der Waals surface area contributed by atoms with Crippen molar-refractivity contribution in [2.24, 2.45) is 7.05 Å². The summed E-state index contributed by atoms with van der Waals surface area (Å²) in [6, 6.07) is 18.2. The van der Waals surface area contributed by atoms with Crippen LogP contribution in [0.4, 0.5) is 23.1 Å². The highest BCUT2D eigenvalue weighted by Crippen LogP contribution is 2.42. The van der Waals surface area contributed by atoms with Crippen molar-refractivity contribution in [3.05, 3.63) is 89.3 Å². The third-order valence-corrected chi connectivity index (χ3v) is 9.25. The fourth-order valence-corrected chi connectivity index (χ4v) is 6.48. The van der Waals surface area contributed by atoms with Crippen LogP contribution in [0.5, 0.6) is 5.75 Å². The molecule has 0 radical (unpaired) electrons. The van der Waals surface area contributed by atoms with E-state index in [1.165, 1.54) is 6.20 Å². The van der Waals surface area contributed by atoms with Crippen molar-refractivity contribution in [2.45, 2.75) is 33.1 Å². The maximum absolute atomic E-state index is 13.5. The van der Waals surface area contributed by atoms with Gasteiger partial charge in [0.15, 0.2) is 5.82 Å². The summed E-state index contributed by atoms with van der Waals surface area (Å²) in [5.41, 5.74) is 7.61. The van der Waals surface area contributed by atoms with Crippen LogP contribution in [0.2, 0.25) is 5.02 Å². The summed E-state index contributed by atoms with van der Waals surface area (Å²) in [4.78, 5) is 9.15. The quantitative estimate of drug-likeness (QED) is 0.166. The number of rotatable bonds is 8. The van der Waals surface area contributed by atoms with Crippen LogP contribution in [0.1, 0.15) is 31.9 Å². The van der Waals surface area contributed by atoms with E-state index < -0.39 is 7.14 Å². The summed E-state index contributed by atoms with van der Waals surface area (Å²) in [5, 5.41) is 12.1. The lowest BCUT2D eigenvalue weighted by Gasteiger charge is -2.25. The number of nitrogens with zero attached hydrogens (tertiary/aromatic N) is 4. The normalized spacial score (nSPS) is 11.8. The molecule has 10 heteroatoms. The van der Waals surface area contributed by atoms with Gasteiger partial charge in [-0.05, 0) is 77.8 Å². The molecule has 3 aromatic carbocycles. The number of methoxy groups -OCH3 is 1. The molecule has 0 saturated carbocycles. The molecule has 2 heterocycles. The van der Waals surface area contributed by atoms with Crippen LogP contribution in [0, 0.1) is 6.92 Å². The fourth-order valence-electron chi connectivity index (χ4n) is 5.18. The topological polar surface area (TPSA) is 94.0 Å². The van der Waals surface area contributed by atoms with Crippen molar-refractivity contribution in [2.75, 3.05) is 31.1 Å². The maximum Gasteiger partial charge on any atom is 0.229 e. The number of hydrogen-bond acceptors (Lipinski definition) is 7. The molecular weight excluding hydrogens is 591 g/mol. The Morgan fingerprint density at radius 3 is 2.32 bits per heavy atom. The van der Waals surface area contributed by atoms with E-state index in [-0.39, 0.29) is 5.41 Å². The molecule has 0 aliphatic rings. The Morgan fingerprint density at radius 1 is 0.932 bits per heavy atom. The van der Waals surface area contributed by atoms with Gasteiger partial charge in [-0.2, -0.15) is 10.1 Å². The highest BCUT2D eigenvalue weighted by molar-refractivity contribution is 7.70. The van der Waals surface area contributed by atoms with Gasteiger partial charge in [0.2, 0.25) is 5.95 Å². The zero-order chi connectivity index (χ0) is 31.8. The molecule has 5 aromatic rings. The average molecular weight is 629 g/mol. The van der Waals surface area contributed by atoms with E-state index >= 15 is 0 Å². The van der Waals surface area contributed by atoms with Crippen LogP contribution in [-0.2, 0) is 17.0 Å². The summed E-state index contributed by atoms with van der Waals surface area (Å²) < 4.78 is 21.1. The summed E-state index contributed by atoms with van der Waals surface area (Å²) in [6.07, 6.45) is 5.38. The molecule has 0 spiro atoms. The molecule has 228 valence electrons. The third kappa shape index (κ3) is 6.67. The minimum atomic E-state index is -2.69. The van der Waals surface area contributed by atoms with E-state index in [0.29, 0.717) is 39.2 Å². The Balaban J connectivity index is 1.53. The van der Waals surface area contributed by atoms with E-state index in [1.54, 1.807) is 25.1 Å². The second-order valence-electron chi connectivity index (χ2n) is 12.3. The summed E-state index contributed by atoms with van der Waals surface area (Å²) in [6.45, 7) is 12.1. The minimum Gasteiger partial charge on any atom is -0.495 e. The SMILES string of the molecule is COc1cc(C(C)(C)C)c(-c2cnn(C)c2)cc1Nc1ncc(Cl)c(Nc2ccc(-c3ccccc3C)cc2P(C)(C)=O)n1. The van der Waals surface area contributed by atoms with Gasteiger partial charge >= 0.3 is 0 Å². The smallest absolute Gasteiger partial charge is 0.229 e. The predicted molar refractivity (Wildman–Crippen MR) is 183 cm³/mol. The molecule has 2 aromatic heterocycles. The molecule has 0 aliphatic carbocycles. The van der Waals surface area contributed by atoms with E-state index in [4.69, 9.17) is 21.3 Å². The third-order valence-electron chi connectivity index (χ3n) is 7.44. The van der Waals surface area contributed by atoms with Crippen LogP contribution in [0.15, 0.2) is 73.2 Å². The number of hydrogen-bond donors (Lipinski definition) is 2. The van der Waals surface area contributed by atoms with Crippen molar-refractivity contribution in [1.82, 2.24) is 19.7 Å². The predicted octanol–water partition coefficient (Wildman–Crippen LogP) is 8.55. The lowest BCUT2D eigenvalue weighted by molar-refractivity contribution is 0.415. The van der Waals surface area contributed by atoms with Crippen molar-refractivity contribution >= 4 is 47.2 Å². The van der Waals surface area contributed by atoms with E-state index in [2.05, 4.69) is 60.5 Å². The highest BCUT2D eigenvalue weighted by atomic mass is 35.5. The summed E-state index contributed by atoms with van der Waals surface area (Å²) in [7, 11) is 0.853. The Kier molecular flexibility index (Phi) is 8.61. The van der Waals surface area contributed by atoms with Crippen LogP contribution < -0.4 is 20.7 Å². The first-order valence-electron chi connectivity index (χ1n) is 14.3. The number of aromatic nitrogens is 4. The van der Waals surface area contributed by atoms with E-state index in [1.807, 2.05) is 61.9 Å². The monoisotopic (exact) mass is 628 g/mol. The van der Waals surface area contributed by atoms with Crippen LogP contribution in [-0.4, -0.2) is 40.2 Å². The Hall–Kier alpha value is -4.13. The second kappa shape index (κ2) is 12.1. The molecular formula is C34H38ClN6O2P. The first-order valence-corrected chi connectivity index (χ1v) is 17.3. The molecule has 8 nitrogen and oxygen atoms in total. The molecule has 0 bridgehead atoms. The van der Waals surface area contributed by atoms with E-state index in [9.17, 15) is 4.57 Å². The van der Waals surface area contributed by atoms with Gasteiger partial charge in [-0.1, -0.05) is 62.7 Å². The average Bonchev–Trinajstić information content (AvgIpc) is 3.40. The number of halogens is 1. The minimum absolute atomic E-state index is 0.144. The standard InChI is InChI=1S/C34H38ClN6O2P/c1-21-11-9-10-12-24(21)22-13-14-28(31(15-22)44(7,8)42)38-32-27(35)19-36-33(40-32)39-29-16-25(23-18-37-41(5)20-23)26(34(2,3)4)17-30(29)43-6/h9-20H,1-8H3,(H2,36,38,39,40). The van der Waals surface area contributed by atoms with Gasteiger partial charge < -0.3 is 19.9 Å². The van der Waals surface area contributed by atoms with Crippen molar-refractivity contribution in [3.63, 3.8) is 0 Å². The van der Waals surface area contributed by atoms with Crippen LogP contribution in [0.25, 0.3) is 22.3 Å². The number of aryl methyl sites for hydroxylation is 2. The number of ether oxygens (including phenoxy) is 1. The maximum atomic E-state index is 13.5. The molecule has 5 rings (SSSR count). The number of anilines is 4. The van der Waals surface area contributed by atoms with Crippen LogP contribution in [0.3, 0.4) is 0 Å². The molecule has 0 fully saturated rings. The van der Waals surface area contributed by atoms with Crippen LogP contribution >= 0.6 is 18.7 Å². The van der Waals surface area contributed by atoms with Gasteiger partial charge in [0, 0.05) is 24.1 Å². The van der Waals surface area contributed by atoms with Gasteiger partial charge in [-0.3, -0.25) is 4.68 Å². The molecule has 0 amide bonds. The lowest BCUT2D eigenvalue weighted by Crippen LogP contribution is -2.14. The van der Waals surface area contributed by atoms with E-state index in [0.717, 1.165) is 33.4 Å². The zero-order valence-electron chi connectivity index (χ0n) is 26.4. The second-order valence-corrected chi connectivity index (χ2v) is 15.9. The van der Waals surface area contributed by atoms with Crippen molar-refractivity contribution in [3.8, 4) is 28.0 Å².